The molecule has 1 unspecified atom stereocenters. The molecule has 23 heavy (non-hydrogen) atoms. The van der Waals surface area contributed by atoms with E-state index in [9.17, 15) is 14.7 Å². The van der Waals surface area contributed by atoms with Crippen molar-refractivity contribution in [1.29, 1.82) is 0 Å². The third-order valence-electron chi connectivity index (χ3n) is 4.99. The summed E-state index contributed by atoms with van der Waals surface area (Å²) in [5, 5.41) is 9.56. The number of aliphatic carboxylic acids is 1. The average molecular weight is 319 g/mol. The second kappa shape index (κ2) is 7.02. The summed E-state index contributed by atoms with van der Waals surface area (Å²) in [4.78, 5) is 25.8. The minimum Gasteiger partial charge on any atom is -0.496 e. The first-order chi connectivity index (χ1) is 10.9. The summed E-state index contributed by atoms with van der Waals surface area (Å²) in [5.41, 5.74) is 0.191. The summed E-state index contributed by atoms with van der Waals surface area (Å²) in [7, 11) is 1.62. The molecule has 1 heterocycles. The Morgan fingerprint density at radius 2 is 2.04 bits per heavy atom. The first-order valence-electron chi connectivity index (χ1n) is 8.04. The summed E-state index contributed by atoms with van der Waals surface area (Å²) in [6.07, 6.45) is 1.50. The van der Waals surface area contributed by atoms with E-state index in [0.717, 1.165) is 11.3 Å². The van der Waals surface area contributed by atoms with E-state index in [-0.39, 0.29) is 11.8 Å². The minimum atomic E-state index is -0.805. The number of carbonyl (C=O) groups is 2. The zero-order valence-electron chi connectivity index (χ0n) is 14.0. The number of rotatable bonds is 6. The molecule has 0 aliphatic carbocycles. The molecular weight excluding hydrogens is 294 g/mol. The van der Waals surface area contributed by atoms with Gasteiger partial charge in [0.05, 0.1) is 12.5 Å². The van der Waals surface area contributed by atoms with Gasteiger partial charge < -0.3 is 14.7 Å². The van der Waals surface area contributed by atoms with Crippen LogP contribution >= 0.6 is 0 Å². The van der Waals surface area contributed by atoms with E-state index in [2.05, 4.69) is 0 Å². The maximum atomic E-state index is 12.4. The van der Waals surface area contributed by atoms with Crippen LogP contribution in [-0.2, 0) is 16.0 Å². The van der Waals surface area contributed by atoms with Gasteiger partial charge in [-0.15, -0.1) is 0 Å². The Kier molecular flexibility index (Phi) is 5.29. The smallest absolute Gasteiger partial charge is 0.311 e. The fourth-order valence-electron chi connectivity index (χ4n) is 3.25. The number of nitrogens with zero attached hydrogens (tertiary/aromatic N) is 1. The Bertz CT molecular complexity index is 584. The molecular formula is C18H25NO4. The number of ether oxygens (including phenoxy) is 1. The Hall–Kier alpha value is -2.04. The molecule has 0 saturated carbocycles. The molecule has 0 spiro atoms. The molecule has 1 amide bonds. The Morgan fingerprint density at radius 3 is 2.61 bits per heavy atom. The number of methoxy groups -OCH3 is 1. The molecule has 1 saturated heterocycles. The van der Waals surface area contributed by atoms with Crippen LogP contribution in [-0.4, -0.2) is 42.1 Å². The predicted molar refractivity (Wildman–Crippen MR) is 87.4 cm³/mol. The Balaban J connectivity index is 1.99. The number of hydrogen-bond acceptors (Lipinski definition) is 3. The van der Waals surface area contributed by atoms with Crippen molar-refractivity contribution in [2.75, 3.05) is 20.2 Å². The molecule has 5 heteroatoms. The monoisotopic (exact) mass is 319 g/mol. The molecule has 1 aliphatic heterocycles. The number of hydrogen-bond donors (Lipinski definition) is 1. The van der Waals surface area contributed by atoms with Gasteiger partial charge in [0.25, 0.3) is 0 Å². The van der Waals surface area contributed by atoms with Gasteiger partial charge in [0, 0.05) is 19.5 Å². The average Bonchev–Trinajstić information content (AvgIpc) is 2.99. The normalized spacial score (nSPS) is 20.8. The molecule has 1 aromatic rings. The number of likely N-dealkylation sites (tertiary alicyclic amines) is 1. The molecule has 1 atom stereocenters. The highest BCUT2D eigenvalue weighted by Crippen LogP contribution is 2.38. The van der Waals surface area contributed by atoms with E-state index in [4.69, 9.17) is 4.74 Å². The van der Waals surface area contributed by atoms with Crippen LogP contribution in [0, 0.1) is 11.3 Å². The first-order valence-corrected chi connectivity index (χ1v) is 8.04. The van der Waals surface area contributed by atoms with Crippen LogP contribution in [0.15, 0.2) is 24.3 Å². The quantitative estimate of drug-likeness (QED) is 0.875. The summed E-state index contributed by atoms with van der Waals surface area (Å²) in [6.45, 7) is 4.66. The molecule has 5 nitrogen and oxygen atoms in total. The maximum Gasteiger partial charge on any atom is 0.311 e. The van der Waals surface area contributed by atoms with Crippen molar-refractivity contribution >= 4 is 11.9 Å². The molecule has 0 radical (unpaired) electrons. The van der Waals surface area contributed by atoms with Crippen LogP contribution in [0.1, 0.15) is 32.3 Å². The largest absolute Gasteiger partial charge is 0.496 e. The molecule has 2 rings (SSSR count). The lowest BCUT2D eigenvalue weighted by Crippen LogP contribution is -2.40. The van der Waals surface area contributed by atoms with Crippen LogP contribution in [0.4, 0.5) is 0 Å². The lowest BCUT2D eigenvalue weighted by Gasteiger charge is -2.28. The second-order valence-electron chi connectivity index (χ2n) is 6.49. The molecule has 0 aromatic heterocycles. The zero-order chi connectivity index (χ0) is 17.0. The first kappa shape index (κ1) is 17.3. The number of amides is 1. The summed E-state index contributed by atoms with van der Waals surface area (Å²) in [5.74, 6) is 0.00279. The molecule has 1 fully saturated rings. The molecule has 1 aromatic carbocycles. The van der Waals surface area contributed by atoms with Gasteiger partial charge in [-0.1, -0.05) is 32.0 Å². The minimum absolute atomic E-state index is 0.00650. The van der Waals surface area contributed by atoms with Gasteiger partial charge in [-0.25, -0.2) is 0 Å². The number of carboxylic acids is 1. The van der Waals surface area contributed by atoms with Gasteiger partial charge in [-0.2, -0.15) is 0 Å². The van der Waals surface area contributed by atoms with E-state index in [1.807, 2.05) is 38.1 Å². The van der Waals surface area contributed by atoms with Crippen LogP contribution in [0.2, 0.25) is 0 Å². The number of aryl methyl sites for hydroxylation is 1. The molecule has 0 bridgehead atoms. The van der Waals surface area contributed by atoms with Gasteiger partial charge in [0.15, 0.2) is 0 Å². The lowest BCUT2D eigenvalue weighted by atomic mass is 9.76. The van der Waals surface area contributed by atoms with Crippen LogP contribution in [0.5, 0.6) is 5.75 Å². The topological polar surface area (TPSA) is 66.8 Å². The van der Waals surface area contributed by atoms with Crippen LogP contribution in [0.25, 0.3) is 0 Å². The van der Waals surface area contributed by atoms with Gasteiger partial charge >= 0.3 is 5.97 Å². The van der Waals surface area contributed by atoms with Crippen molar-refractivity contribution in [3.05, 3.63) is 29.8 Å². The summed E-state index contributed by atoms with van der Waals surface area (Å²) >= 11 is 0. The highest BCUT2D eigenvalue weighted by Gasteiger charge is 2.48. The van der Waals surface area contributed by atoms with Gasteiger partial charge in [0.1, 0.15) is 5.75 Å². The van der Waals surface area contributed by atoms with Crippen molar-refractivity contribution in [2.24, 2.45) is 11.3 Å². The van der Waals surface area contributed by atoms with Crippen molar-refractivity contribution in [3.8, 4) is 5.75 Å². The number of carboxylic acid groups (broad SMARTS) is 1. The fraction of sp³-hybridized carbons (Fsp3) is 0.556. The molecule has 1 N–H and O–H groups in total. The van der Waals surface area contributed by atoms with E-state index in [0.29, 0.717) is 32.4 Å². The summed E-state index contributed by atoms with van der Waals surface area (Å²) in [6, 6.07) is 7.65. The zero-order valence-corrected chi connectivity index (χ0v) is 14.0. The van der Waals surface area contributed by atoms with Crippen molar-refractivity contribution in [1.82, 2.24) is 4.90 Å². The summed E-state index contributed by atoms with van der Waals surface area (Å²) < 4.78 is 5.30. The molecule has 126 valence electrons. The van der Waals surface area contributed by atoms with E-state index in [1.165, 1.54) is 0 Å². The highest BCUT2D eigenvalue weighted by atomic mass is 16.5. The SMILES string of the molecule is COc1ccccc1CCC(=O)N1CCC(C(=O)O)(C(C)C)C1. The third-order valence-corrected chi connectivity index (χ3v) is 4.99. The Morgan fingerprint density at radius 1 is 1.35 bits per heavy atom. The van der Waals surface area contributed by atoms with E-state index >= 15 is 0 Å². The molecule has 1 aliphatic rings. The number of carbonyl (C=O) groups excluding carboxylic acids is 1. The van der Waals surface area contributed by atoms with Crippen molar-refractivity contribution in [3.63, 3.8) is 0 Å². The number of benzene rings is 1. The lowest BCUT2D eigenvalue weighted by molar-refractivity contribution is -0.151. The van der Waals surface area contributed by atoms with Gasteiger partial charge in [-0.05, 0) is 30.4 Å². The van der Waals surface area contributed by atoms with E-state index in [1.54, 1.807) is 12.0 Å². The third kappa shape index (κ3) is 3.49. The van der Waals surface area contributed by atoms with Crippen LogP contribution < -0.4 is 4.74 Å². The standard InChI is InChI=1S/C18H25NO4/c1-13(2)18(17(21)22)10-11-19(12-18)16(20)9-8-14-6-4-5-7-15(14)23-3/h4-7,13H,8-12H2,1-3H3,(H,21,22). The number of para-hydroxylation sites is 1. The van der Waals surface area contributed by atoms with E-state index < -0.39 is 11.4 Å². The fourth-order valence-corrected chi connectivity index (χ4v) is 3.25. The van der Waals surface area contributed by atoms with Gasteiger partial charge in [-0.3, -0.25) is 9.59 Å². The Labute approximate surface area is 137 Å². The van der Waals surface area contributed by atoms with Crippen molar-refractivity contribution < 1.29 is 19.4 Å². The van der Waals surface area contributed by atoms with Crippen LogP contribution in [0.3, 0.4) is 0 Å². The van der Waals surface area contributed by atoms with Crippen molar-refractivity contribution in [2.45, 2.75) is 33.1 Å². The highest BCUT2D eigenvalue weighted by molar-refractivity contribution is 5.81. The van der Waals surface area contributed by atoms with Gasteiger partial charge in [0.2, 0.25) is 5.91 Å². The maximum absolute atomic E-state index is 12.4. The second-order valence-corrected chi connectivity index (χ2v) is 6.49. The predicted octanol–water partition coefficient (Wildman–Crippen LogP) is 2.59.